The van der Waals surface area contributed by atoms with Crippen LogP contribution in [-0.4, -0.2) is 0 Å². The average Bonchev–Trinajstić information content (AvgIpc) is 2.24. The molecule has 2 nitrogen and oxygen atoms in total. The Labute approximate surface area is 80.9 Å². The van der Waals surface area contributed by atoms with E-state index in [0.717, 1.165) is 0 Å². The van der Waals surface area contributed by atoms with Crippen LogP contribution < -0.4 is 5.32 Å². The van der Waals surface area contributed by atoms with Crippen molar-refractivity contribution in [2.24, 2.45) is 0 Å². The molecule has 0 radical (unpaired) electrons. The molecular weight excluding hydrogens is 219 g/mol. The molecule has 1 aromatic carbocycles. The van der Waals surface area contributed by atoms with Gasteiger partial charge in [0.2, 0.25) is 5.82 Å². The van der Waals surface area contributed by atoms with Crippen molar-refractivity contribution < 1.29 is 22.0 Å². The Morgan fingerprint density at radius 2 is 1.27 bits per heavy atom. The third kappa shape index (κ3) is 1.83. The zero-order valence-corrected chi connectivity index (χ0v) is 7.04. The van der Waals surface area contributed by atoms with Crippen LogP contribution in [0, 0.1) is 40.5 Å². The number of nitrogens with one attached hydrogen (secondary N) is 1. The van der Waals surface area contributed by atoms with Gasteiger partial charge in [0, 0.05) is 5.56 Å². The molecule has 80 valence electrons. The lowest BCUT2D eigenvalue weighted by atomic mass is 10.1. The summed E-state index contributed by atoms with van der Waals surface area (Å²) in [6.07, 6.45) is 1.30. The van der Waals surface area contributed by atoms with Crippen molar-refractivity contribution in [3.63, 3.8) is 0 Å². The molecule has 0 bridgehead atoms. The van der Waals surface area contributed by atoms with Gasteiger partial charge >= 0.3 is 0 Å². The second-order valence-corrected chi connectivity index (χ2v) is 2.51. The van der Waals surface area contributed by atoms with Crippen LogP contribution in [0.2, 0.25) is 0 Å². The van der Waals surface area contributed by atoms with Gasteiger partial charge in [0.05, 0.1) is 6.54 Å². The highest BCUT2D eigenvalue weighted by Gasteiger charge is 2.25. The number of benzene rings is 1. The van der Waals surface area contributed by atoms with Crippen molar-refractivity contribution in [3.05, 3.63) is 34.6 Å². The van der Waals surface area contributed by atoms with E-state index < -0.39 is 41.2 Å². The summed E-state index contributed by atoms with van der Waals surface area (Å²) in [5, 5.41) is 9.82. The van der Waals surface area contributed by atoms with Crippen molar-refractivity contribution in [1.82, 2.24) is 5.32 Å². The fourth-order valence-corrected chi connectivity index (χ4v) is 0.933. The van der Waals surface area contributed by atoms with Crippen molar-refractivity contribution in [1.29, 1.82) is 5.26 Å². The number of nitrogens with zero attached hydrogens (tertiary/aromatic N) is 1. The van der Waals surface area contributed by atoms with E-state index in [1.165, 1.54) is 6.19 Å². The van der Waals surface area contributed by atoms with Gasteiger partial charge in [0.15, 0.2) is 29.5 Å². The minimum Gasteiger partial charge on any atom is -0.319 e. The molecule has 0 aliphatic rings. The predicted octanol–water partition coefficient (Wildman–Crippen LogP) is 1.95. The maximum Gasteiger partial charge on any atom is 0.200 e. The van der Waals surface area contributed by atoms with Gasteiger partial charge in [-0.3, -0.25) is 0 Å². The van der Waals surface area contributed by atoms with Crippen molar-refractivity contribution in [2.75, 3.05) is 0 Å². The highest BCUT2D eigenvalue weighted by molar-refractivity contribution is 5.24. The van der Waals surface area contributed by atoms with Gasteiger partial charge in [-0.1, -0.05) is 0 Å². The number of rotatable bonds is 2. The Kier molecular flexibility index (Phi) is 3.09. The Hall–Kier alpha value is -1.84. The average molecular weight is 222 g/mol. The summed E-state index contributed by atoms with van der Waals surface area (Å²) < 4.78 is 63.3. The first-order valence-electron chi connectivity index (χ1n) is 3.63. The summed E-state index contributed by atoms with van der Waals surface area (Å²) >= 11 is 0. The van der Waals surface area contributed by atoms with Crippen molar-refractivity contribution in [2.45, 2.75) is 6.54 Å². The van der Waals surface area contributed by atoms with Crippen LogP contribution in [0.25, 0.3) is 0 Å². The van der Waals surface area contributed by atoms with E-state index in [9.17, 15) is 22.0 Å². The Morgan fingerprint density at radius 3 is 1.67 bits per heavy atom. The van der Waals surface area contributed by atoms with Gasteiger partial charge in [-0.25, -0.2) is 22.0 Å². The molecule has 0 heterocycles. The lowest BCUT2D eigenvalue weighted by Crippen LogP contribution is -2.13. The normalized spacial score (nSPS) is 9.87. The number of halogens is 5. The molecule has 0 fully saturated rings. The highest BCUT2D eigenvalue weighted by Crippen LogP contribution is 2.22. The summed E-state index contributed by atoms with van der Waals surface area (Å²) in [5.41, 5.74) is -1.06. The van der Waals surface area contributed by atoms with E-state index in [2.05, 4.69) is 0 Å². The maximum absolute atomic E-state index is 12.9. The number of hydrogen-bond donors (Lipinski definition) is 1. The molecule has 0 aliphatic carbocycles. The monoisotopic (exact) mass is 222 g/mol. The highest BCUT2D eigenvalue weighted by atomic mass is 19.2. The Bertz CT molecular complexity index is 409. The summed E-state index contributed by atoms with van der Waals surface area (Å²) in [6.45, 7) is -0.762. The zero-order valence-electron chi connectivity index (χ0n) is 7.04. The molecule has 0 saturated carbocycles. The lowest BCUT2D eigenvalue weighted by molar-refractivity contribution is 0.369. The predicted molar refractivity (Wildman–Crippen MR) is 38.7 cm³/mol. The second-order valence-electron chi connectivity index (χ2n) is 2.51. The lowest BCUT2D eigenvalue weighted by Gasteiger charge is -2.06. The largest absolute Gasteiger partial charge is 0.319 e. The smallest absolute Gasteiger partial charge is 0.200 e. The molecule has 0 saturated heterocycles. The quantitative estimate of drug-likeness (QED) is 0.273. The number of hydrogen-bond acceptors (Lipinski definition) is 2. The van der Waals surface area contributed by atoms with E-state index in [0.29, 0.717) is 0 Å². The minimum absolute atomic E-state index is 0.762. The molecule has 1 rings (SSSR count). The molecule has 7 heteroatoms. The molecule has 0 amide bonds. The van der Waals surface area contributed by atoms with Gasteiger partial charge in [-0.2, -0.15) is 5.26 Å². The molecule has 0 atom stereocenters. The summed E-state index contributed by atoms with van der Waals surface area (Å²) in [4.78, 5) is 0. The molecule has 0 aliphatic heterocycles. The summed E-state index contributed by atoms with van der Waals surface area (Å²) in [6, 6.07) is 0. The molecule has 0 unspecified atom stereocenters. The maximum atomic E-state index is 12.9. The first kappa shape index (κ1) is 11.2. The van der Waals surface area contributed by atoms with Crippen LogP contribution in [0.5, 0.6) is 0 Å². The Balaban J connectivity index is 3.33. The zero-order chi connectivity index (χ0) is 11.6. The van der Waals surface area contributed by atoms with Crippen LogP contribution in [0.1, 0.15) is 5.56 Å². The molecule has 15 heavy (non-hydrogen) atoms. The molecule has 1 aromatic rings. The third-order valence-electron chi connectivity index (χ3n) is 1.64. The van der Waals surface area contributed by atoms with E-state index in [4.69, 9.17) is 5.26 Å². The van der Waals surface area contributed by atoms with E-state index in [1.807, 2.05) is 0 Å². The van der Waals surface area contributed by atoms with Gasteiger partial charge in [0.1, 0.15) is 0 Å². The van der Waals surface area contributed by atoms with Gasteiger partial charge in [-0.05, 0) is 0 Å². The van der Waals surface area contributed by atoms with Gasteiger partial charge in [0.25, 0.3) is 0 Å². The van der Waals surface area contributed by atoms with Crippen LogP contribution in [0.15, 0.2) is 0 Å². The van der Waals surface area contributed by atoms with Crippen LogP contribution >= 0.6 is 0 Å². The molecular formula is C8H3F5N2. The van der Waals surface area contributed by atoms with Crippen molar-refractivity contribution >= 4 is 0 Å². The van der Waals surface area contributed by atoms with Crippen molar-refractivity contribution in [3.8, 4) is 6.19 Å². The molecule has 0 aromatic heterocycles. The fraction of sp³-hybridized carbons (Fsp3) is 0.125. The van der Waals surface area contributed by atoms with E-state index in [1.54, 1.807) is 5.32 Å². The topological polar surface area (TPSA) is 35.8 Å². The first-order valence-corrected chi connectivity index (χ1v) is 3.63. The van der Waals surface area contributed by atoms with E-state index >= 15 is 0 Å². The van der Waals surface area contributed by atoms with Crippen LogP contribution in [-0.2, 0) is 6.54 Å². The minimum atomic E-state index is -2.22. The number of nitriles is 1. The third-order valence-corrected chi connectivity index (χ3v) is 1.64. The molecule has 1 N–H and O–H groups in total. The summed E-state index contributed by atoms with van der Waals surface area (Å²) in [5.74, 6) is -10.1. The van der Waals surface area contributed by atoms with E-state index in [-0.39, 0.29) is 0 Å². The summed E-state index contributed by atoms with van der Waals surface area (Å²) in [7, 11) is 0. The molecule has 0 spiro atoms. The van der Waals surface area contributed by atoms with Crippen LogP contribution in [0.4, 0.5) is 22.0 Å². The standard InChI is InChI=1S/C8H3F5N2/c9-4-3(1-15-2-14)5(10)7(12)8(13)6(4)11/h15H,1H2. The van der Waals surface area contributed by atoms with Gasteiger partial charge in [-0.15, -0.1) is 0 Å². The SMILES string of the molecule is N#CNCc1c(F)c(F)c(F)c(F)c1F. The Morgan fingerprint density at radius 1 is 0.867 bits per heavy atom. The first-order chi connectivity index (χ1) is 7.00. The van der Waals surface area contributed by atoms with Gasteiger partial charge < -0.3 is 5.32 Å². The van der Waals surface area contributed by atoms with Crippen LogP contribution in [0.3, 0.4) is 0 Å². The fourth-order valence-electron chi connectivity index (χ4n) is 0.933. The second kappa shape index (κ2) is 4.13.